The fraction of sp³-hybridized carbons (Fsp3) is 0.538. The van der Waals surface area contributed by atoms with Crippen molar-refractivity contribution in [2.75, 3.05) is 6.61 Å². The molecule has 0 aromatic heterocycles. The molecule has 0 radical (unpaired) electrons. The minimum atomic E-state index is 0.0972. The molecule has 3 heteroatoms. The van der Waals surface area contributed by atoms with Crippen LogP contribution in [0.15, 0.2) is 24.3 Å². The second-order valence-corrected chi connectivity index (χ2v) is 5.22. The predicted molar refractivity (Wildman–Crippen MR) is 68.2 cm³/mol. The van der Waals surface area contributed by atoms with E-state index in [2.05, 4.69) is 13.0 Å². The quantitative estimate of drug-likeness (QED) is 0.713. The lowest BCUT2D eigenvalue weighted by molar-refractivity contribution is -0.0269. The largest absolute Gasteiger partial charge is 0.373 e. The Hall–Kier alpha value is -0.240. The summed E-state index contributed by atoms with van der Waals surface area (Å²) in [6, 6.07) is 7.89. The van der Waals surface area contributed by atoms with Gasteiger partial charge in [0.05, 0.1) is 6.10 Å². The zero-order valence-corrected chi connectivity index (χ0v) is 10.8. The number of rotatable bonds is 2. The van der Waals surface area contributed by atoms with Crippen molar-refractivity contribution in [2.24, 2.45) is 5.92 Å². The summed E-state index contributed by atoms with van der Waals surface area (Å²) < 4.78 is 5.85. The van der Waals surface area contributed by atoms with Gasteiger partial charge < -0.3 is 4.74 Å². The van der Waals surface area contributed by atoms with Gasteiger partial charge in [-0.25, -0.2) is 0 Å². The third-order valence-corrected chi connectivity index (χ3v) is 3.97. The number of hydrogen-bond donors (Lipinski definition) is 0. The van der Waals surface area contributed by atoms with Crippen LogP contribution in [0.1, 0.15) is 31.4 Å². The molecule has 1 aromatic rings. The highest BCUT2D eigenvalue weighted by Crippen LogP contribution is 2.38. The van der Waals surface area contributed by atoms with Crippen LogP contribution in [0.3, 0.4) is 0 Å². The Morgan fingerprint density at radius 3 is 2.94 bits per heavy atom. The van der Waals surface area contributed by atoms with Gasteiger partial charge in [-0.2, -0.15) is 0 Å². The molecule has 88 valence electrons. The van der Waals surface area contributed by atoms with Crippen LogP contribution < -0.4 is 0 Å². The average molecular weight is 259 g/mol. The van der Waals surface area contributed by atoms with Gasteiger partial charge in [0.15, 0.2) is 0 Å². The van der Waals surface area contributed by atoms with Crippen LogP contribution in [0.25, 0.3) is 0 Å². The molecule has 16 heavy (non-hydrogen) atoms. The molecule has 1 saturated heterocycles. The monoisotopic (exact) mass is 258 g/mol. The number of ether oxygens (including phenoxy) is 1. The van der Waals surface area contributed by atoms with Gasteiger partial charge in [0.2, 0.25) is 0 Å². The fourth-order valence-corrected chi connectivity index (χ4v) is 2.93. The van der Waals surface area contributed by atoms with Crippen molar-refractivity contribution in [2.45, 2.75) is 31.2 Å². The molecule has 0 saturated carbocycles. The number of benzene rings is 1. The van der Waals surface area contributed by atoms with Crippen LogP contribution in [0.2, 0.25) is 5.02 Å². The summed E-state index contributed by atoms with van der Waals surface area (Å²) >= 11 is 12.4. The molecule has 0 bridgehead atoms. The van der Waals surface area contributed by atoms with Crippen LogP contribution in [0.4, 0.5) is 0 Å². The maximum Gasteiger partial charge on any atom is 0.0867 e. The first kappa shape index (κ1) is 12.2. The van der Waals surface area contributed by atoms with Gasteiger partial charge in [-0.3, -0.25) is 0 Å². The van der Waals surface area contributed by atoms with Gasteiger partial charge in [-0.1, -0.05) is 30.7 Å². The first-order valence-electron chi connectivity index (χ1n) is 5.73. The summed E-state index contributed by atoms with van der Waals surface area (Å²) in [5.41, 5.74) is 1.14. The molecule has 1 aromatic carbocycles. The van der Waals surface area contributed by atoms with Crippen LogP contribution in [-0.2, 0) is 4.74 Å². The Balaban J connectivity index is 2.24. The number of halogens is 2. The van der Waals surface area contributed by atoms with Crippen LogP contribution in [0, 0.1) is 5.92 Å². The van der Waals surface area contributed by atoms with E-state index in [1.54, 1.807) is 0 Å². The zero-order valence-electron chi connectivity index (χ0n) is 9.33. The Bertz CT molecular complexity index is 354. The Morgan fingerprint density at radius 2 is 2.25 bits per heavy atom. The molecule has 0 amide bonds. The van der Waals surface area contributed by atoms with Gasteiger partial charge in [0.1, 0.15) is 0 Å². The van der Waals surface area contributed by atoms with E-state index in [9.17, 15) is 0 Å². The molecule has 0 N–H and O–H groups in total. The van der Waals surface area contributed by atoms with Gasteiger partial charge in [0.25, 0.3) is 0 Å². The van der Waals surface area contributed by atoms with E-state index >= 15 is 0 Å². The minimum Gasteiger partial charge on any atom is -0.373 e. The Labute approximate surface area is 107 Å². The predicted octanol–water partition coefficient (Wildman–Crippen LogP) is 4.44. The lowest BCUT2D eigenvalue weighted by Gasteiger charge is -2.35. The maximum absolute atomic E-state index is 6.35. The van der Waals surface area contributed by atoms with E-state index in [1.807, 2.05) is 18.2 Å². The molecular weight excluding hydrogens is 243 g/mol. The van der Waals surface area contributed by atoms with Crippen molar-refractivity contribution in [3.63, 3.8) is 0 Å². The van der Waals surface area contributed by atoms with Gasteiger partial charge >= 0.3 is 0 Å². The van der Waals surface area contributed by atoms with Crippen molar-refractivity contribution in [3.05, 3.63) is 34.9 Å². The molecule has 3 atom stereocenters. The highest BCUT2D eigenvalue weighted by atomic mass is 35.5. The smallest absolute Gasteiger partial charge is 0.0867 e. The molecule has 0 unspecified atom stereocenters. The van der Waals surface area contributed by atoms with E-state index in [-0.39, 0.29) is 11.5 Å². The van der Waals surface area contributed by atoms with Crippen LogP contribution >= 0.6 is 23.2 Å². The molecule has 0 aliphatic carbocycles. The summed E-state index contributed by atoms with van der Waals surface area (Å²) in [5.74, 6) is 0.383. The second-order valence-electron chi connectivity index (χ2n) is 4.22. The molecule has 2 rings (SSSR count). The number of alkyl halides is 1. The summed E-state index contributed by atoms with van der Waals surface area (Å²) in [5, 5.41) is 0.968. The topological polar surface area (TPSA) is 9.23 Å². The molecule has 1 heterocycles. The molecule has 1 aliphatic heterocycles. The Kier molecular flexibility index (Phi) is 4.12. The summed E-state index contributed by atoms with van der Waals surface area (Å²) in [6.45, 7) is 2.90. The summed E-state index contributed by atoms with van der Waals surface area (Å²) in [4.78, 5) is 0. The highest BCUT2D eigenvalue weighted by Gasteiger charge is 2.32. The van der Waals surface area contributed by atoms with Crippen molar-refractivity contribution in [1.29, 1.82) is 0 Å². The summed E-state index contributed by atoms with van der Waals surface area (Å²) in [6.07, 6.45) is 2.07. The third kappa shape index (κ3) is 2.53. The molecule has 1 nitrogen and oxygen atoms in total. The Morgan fingerprint density at radius 1 is 1.44 bits per heavy atom. The van der Waals surface area contributed by atoms with Gasteiger partial charge in [-0.15, -0.1) is 11.6 Å². The SMILES string of the molecule is CC[C@H]1[C@H](Cl)CCO[C@@H]1c1cccc(Cl)c1. The van der Waals surface area contributed by atoms with Crippen LogP contribution in [0.5, 0.6) is 0 Å². The van der Waals surface area contributed by atoms with Crippen molar-refractivity contribution < 1.29 is 4.74 Å². The first-order chi connectivity index (χ1) is 7.72. The van der Waals surface area contributed by atoms with Crippen molar-refractivity contribution in [1.82, 2.24) is 0 Å². The normalized spacial score (nSPS) is 30.3. The van der Waals surface area contributed by atoms with Crippen LogP contribution in [-0.4, -0.2) is 12.0 Å². The maximum atomic E-state index is 6.35. The third-order valence-electron chi connectivity index (χ3n) is 3.19. The lowest BCUT2D eigenvalue weighted by atomic mass is 9.87. The minimum absolute atomic E-state index is 0.0972. The molecule has 1 fully saturated rings. The van der Waals surface area contributed by atoms with Gasteiger partial charge in [-0.05, 0) is 30.5 Å². The first-order valence-corrected chi connectivity index (χ1v) is 6.55. The van der Waals surface area contributed by atoms with Crippen molar-refractivity contribution >= 4 is 23.2 Å². The lowest BCUT2D eigenvalue weighted by Crippen LogP contribution is -2.31. The van der Waals surface area contributed by atoms with E-state index in [0.717, 1.165) is 30.0 Å². The standard InChI is InChI=1S/C13H16Cl2O/c1-2-11-12(15)6-7-16-13(11)9-4-3-5-10(14)8-9/h3-5,8,11-13H,2,6-7H2,1H3/t11-,12+,13+/m0/s1. The zero-order chi connectivity index (χ0) is 11.5. The van der Waals surface area contributed by atoms with E-state index < -0.39 is 0 Å². The number of hydrogen-bond acceptors (Lipinski definition) is 1. The van der Waals surface area contributed by atoms with Gasteiger partial charge in [0, 0.05) is 22.9 Å². The van der Waals surface area contributed by atoms with Crippen molar-refractivity contribution in [3.8, 4) is 0 Å². The molecule has 1 aliphatic rings. The molecular formula is C13H16Cl2O. The van der Waals surface area contributed by atoms with E-state index in [4.69, 9.17) is 27.9 Å². The highest BCUT2D eigenvalue weighted by molar-refractivity contribution is 6.30. The fourth-order valence-electron chi connectivity index (χ4n) is 2.33. The second kappa shape index (κ2) is 5.39. The average Bonchev–Trinajstić information content (AvgIpc) is 2.28. The molecule has 0 spiro atoms. The van der Waals surface area contributed by atoms with E-state index in [0.29, 0.717) is 5.92 Å². The summed E-state index contributed by atoms with van der Waals surface area (Å²) in [7, 11) is 0. The van der Waals surface area contributed by atoms with E-state index in [1.165, 1.54) is 0 Å².